The molecule has 3 aromatic rings. The molecule has 1 aliphatic rings. The zero-order valence-electron chi connectivity index (χ0n) is 13.6. The van der Waals surface area contributed by atoms with Crippen LogP contribution in [0.1, 0.15) is 27.8 Å². The number of benzene rings is 2. The van der Waals surface area contributed by atoms with Crippen LogP contribution in [0.15, 0.2) is 66.9 Å². The predicted molar refractivity (Wildman–Crippen MR) is 100 cm³/mol. The third-order valence-electron chi connectivity index (χ3n) is 4.26. The molecule has 0 saturated carbocycles. The predicted octanol–water partition coefficient (Wildman–Crippen LogP) is 4.81. The number of carbonyl (C=O) groups excluding carboxylic acids is 1. The van der Waals surface area contributed by atoms with E-state index in [0.29, 0.717) is 10.6 Å². The van der Waals surface area contributed by atoms with E-state index >= 15 is 0 Å². The molecule has 1 aromatic heterocycles. The summed E-state index contributed by atoms with van der Waals surface area (Å²) in [6.45, 7) is 2.02. The maximum absolute atomic E-state index is 13.0. The molecule has 1 N–H and O–H groups in total. The maximum atomic E-state index is 13.0. The molecule has 5 heteroatoms. The topological polar surface area (TPSA) is 45.2 Å². The fourth-order valence-electron chi connectivity index (χ4n) is 2.99. The Balaban J connectivity index is 1.77. The van der Waals surface area contributed by atoms with Crippen molar-refractivity contribution in [1.29, 1.82) is 0 Å². The first kappa shape index (κ1) is 15.7. The average Bonchev–Trinajstić information content (AvgIpc) is 2.90. The van der Waals surface area contributed by atoms with Gasteiger partial charge in [-0.3, -0.25) is 14.7 Å². The van der Waals surface area contributed by atoms with E-state index in [1.807, 2.05) is 61.5 Å². The maximum Gasteiger partial charge on any atom is 0.262 e. The van der Waals surface area contributed by atoms with Crippen molar-refractivity contribution in [1.82, 2.24) is 4.98 Å². The molecule has 25 heavy (non-hydrogen) atoms. The Bertz CT molecular complexity index is 922. The number of amides is 1. The number of aryl methyl sites for hydroxylation is 1. The zero-order chi connectivity index (χ0) is 17.4. The highest BCUT2D eigenvalue weighted by Gasteiger charge is 2.38. The number of hydrogen-bond acceptors (Lipinski definition) is 3. The van der Waals surface area contributed by atoms with Gasteiger partial charge in [0.2, 0.25) is 0 Å². The molecule has 4 nitrogen and oxygen atoms in total. The monoisotopic (exact) mass is 349 g/mol. The fraction of sp³-hybridized carbons (Fsp3) is 0.100. The summed E-state index contributed by atoms with van der Waals surface area (Å²) in [5.41, 5.74) is 4.20. The first-order chi connectivity index (χ1) is 12.1. The summed E-state index contributed by atoms with van der Waals surface area (Å²) >= 11 is 5.97. The van der Waals surface area contributed by atoms with Crippen LogP contribution in [-0.2, 0) is 0 Å². The van der Waals surface area contributed by atoms with Gasteiger partial charge < -0.3 is 5.32 Å². The Morgan fingerprint density at radius 1 is 1.04 bits per heavy atom. The number of nitrogens with one attached hydrogen (secondary N) is 1. The zero-order valence-corrected chi connectivity index (χ0v) is 14.4. The van der Waals surface area contributed by atoms with Crippen LogP contribution in [0.4, 0.5) is 11.4 Å². The number of hydrogen-bond donors (Lipinski definition) is 1. The minimum absolute atomic E-state index is 0.0570. The number of anilines is 2. The molecule has 0 spiro atoms. The van der Waals surface area contributed by atoms with E-state index in [9.17, 15) is 4.79 Å². The molecule has 0 radical (unpaired) electrons. The second-order valence-corrected chi connectivity index (χ2v) is 6.44. The standard InChI is InChI=1S/C20H16ClN3O/c1-13-4-10-16(11-5-13)24-19(23-15-8-6-14(21)7-9-15)18-17(20(24)25)3-2-12-22-18/h2-12,19,23H,1H3/t19-/m1/s1. The van der Waals surface area contributed by atoms with Gasteiger partial charge in [0.25, 0.3) is 5.91 Å². The van der Waals surface area contributed by atoms with E-state index in [1.54, 1.807) is 17.2 Å². The molecular formula is C20H16ClN3O. The van der Waals surface area contributed by atoms with Crippen molar-refractivity contribution < 1.29 is 4.79 Å². The summed E-state index contributed by atoms with van der Waals surface area (Å²) in [6.07, 6.45) is 1.34. The largest absolute Gasteiger partial charge is 0.360 e. The molecule has 2 heterocycles. The van der Waals surface area contributed by atoms with Crippen molar-refractivity contribution >= 4 is 28.9 Å². The number of carbonyl (C=O) groups is 1. The van der Waals surface area contributed by atoms with Crippen molar-refractivity contribution in [3.63, 3.8) is 0 Å². The van der Waals surface area contributed by atoms with E-state index in [4.69, 9.17) is 11.6 Å². The van der Waals surface area contributed by atoms with Crippen LogP contribution in [-0.4, -0.2) is 10.9 Å². The number of halogens is 1. The first-order valence-corrected chi connectivity index (χ1v) is 8.38. The van der Waals surface area contributed by atoms with E-state index < -0.39 is 0 Å². The normalized spacial score (nSPS) is 16.0. The minimum atomic E-state index is -0.368. The van der Waals surface area contributed by atoms with Gasteiger partial charge in [0.1, 0.15) is 0 Å². The first-order valence-electron chi connectivity index (χ1n) is 8.01. The highest BCUT2D eigenvalue weighted by atomic mass is 35.5. The van der Waals surface area contributed by atoms with Crippen LogP contribution in [0.25, 0.3) is 0 Å². The van der Waals surface area contributed by atoms with Gasteiger partial charge in [-0.25, -0.2) is 0 Å². The van der Waals surface area contributed by atoms with Crippen LogP contribution in [0, 0.1) is 6.92 Å². The lowest BCUT2D eigenvalue weighted by Gasteiger charge is -2.26. The van der Waals surface area contributed by atoms with Gasteiger partial charge in [0.05, 0.1) is 11.3 Å². The lowest BCUT2D eigenvalue weighted by Crippen LogP contribution is -2.32. The van der Waals surface area contributed by atoms with Crippen LogP contribution in [0.5, 0.6) is 0 Å². The van der Waals surface area contributed by atoms with Crippen molar-refractivity contribution in [2.75, 3.05) is 10.2 Å². The molecule has 0 unspecified atom stereocenters. The molecule has 1 aliphatic heterocycles. The third-order valence-corrected chi connectivity index (χ3v) is 4.52. The summed E-state index contributed by atoms with van der Waals surface area (Å²) < 4.78 is 0. The number of nitrogens with zero attached hydrogens (tertiary/aromatic N) is 2. The van der Waals surface area contributed by atoms with Crippen molar-refractivity contribution in [3.8, 4) is 0 Å². The van der Waals surface area contributed by atoms with Gasteiger partial charge in [0, 0.05) is 22.6 Å². The molecule has 0 saturated heterocycles. The molecule has 0 bridgehead atoms. The number of aromatic nitrogens is 1. The van der Waals surface area contributed by atoms with Gasteiger partial charge >= 0.3 is 0 Å². The lowest BCUT2D eigenvalue weighted by atomic mass is 10.2. The lowest BCUT2D eigenvalue weighted by molar-refractivity contribution is 0.0993. The van der Waals surface area contributed by atoms with Crippen LogP contribution in [0.2, 0.25) is 5.02 Å². The smallest absolute Gasteiger partial charge is 0.262 e. The van der Waals surface area contributed by atoms with Crippen LogP contribution < -0.4 is 10.2 Å². The number of fused-ring (bicyclic) bond motifs is 1. The Kier molecular flexibility index (Phi) is 3.90. The highest BCUT2D eigenvalue weighted by molar-refractivity contribution is 6.30. The number of pyridine rings is 1. The quantitative estimate of drug-likeness (QED) is 0.737. The Hall–Kier alpha value is -2.85. The third kappa shape index (κ3) is 2.85. The van der Waals surface area contributed by atoms with Gasteiger partial charge in [0.15, 0.2) is 6.17 Å². The Morgan fingerprint density at radius 3 is 2.48 bits per heavy atom. The highest BCUT2D eigenvalue weighted by Crippen LogP contribution is 2.37. The van der Waals surface area contributed by atoms with Gasteiger partial charge in [-0.2, -0.15) is 0 Å². The molecule has 1 amide bonds. The van der Waals surface area contributed by atoms with Gasteiger partial charge in [-0.1, -0.05) is 29.3 Å². The minimum Gasteiger partial charge on any atom is -0.360 e. The molecule has 124 valence electrons. The Labute approximate surface area is 151 Å². The fourth-order valence-corrected chi connectivity index (χ4v) is 3.12. The van der Waals surface area contributed by atoms with E-state index in [2.05, 4.69) is 10.3 Å². The average molecular weight is 350 g/mol. The van der Waals surface area contributed by atoms with E-state index in [0.717, 1.165) is 22.6 Å². The molecular weight excluding hydrogens is 334 g/mol. The molecule has 2 aromatic carbocycles. The van der Waals surface area contributed by atoms with Crippen LogP contribution >= 0.6 is 11.6 Å². The Morgan fingerprint density at radius 2 is 1.76 bits per heavy atom. The van der Waals surface area contributed by atoms with Crippen LogP contribution in [0.3, 0.4) is 0 Å². The van der Waals surface area contributed by atoms with Crippen molar-refractivity contribution in [3.05, 3.63) is 88.7 Å². The molecule has 4 rings (SSSR count). The second-order valence-electron chi connectivity index (χ2n) is 6.00. The van der Waals surface area contributed by atoms with Crippen molar-refractivity contribution in [2.24, 2.45) is 0 Å². The van der Waals surface area contributed by atoms with Gasteiger partial charge in [-0.15, -0.1) is 0 Å². The summed E-state index contributed by atoms with van der Waals surface area (Å²) in [5, 5.41) is 4.07. The van der Waals surface area contributed by atoms with Gasteiger partial charge in [-0.05, 0) is 55.5 Å². The van der Waals surface area contributed by atoms with E-state index in [1.165, 1.54) is 0 Å². The summed E-state index contributed by atoms with van der Waals surface area (Å²) in [5.74, 6) is -0.0570. The SMILES string of the molecule is Cc1ccc(N2C(=O)c3cccnc3[C@@H]2Nc2ccc(Cl)cc2)cc1. The summed E-state index contributed by atoms with van der Waals surface area (Å²) in [6, 6.07) is 18.9. The summed E-state index contributed by atoms with van der Waals surface area (Å²) in [7, 11) is 0. The molecule has 0 aliphatic carbocycles. The molecule has 0 fully saturated rings. The number of rotatable bonds is 3. The van der Waals surface area contributed by atoms with E-state index in [-0.39, 0.29) is 12.1 Å². The van der Waals surface area contributed by atoms with Crippen molar-refractivity contribution in [2.45, 2.75) is 13.1 Å². The summed E-state index contributed by atoms with van der Waals surface area (Å²) in [4.78, 5) is 19.2. The second kappa shape index (κ2) is 6.22. The molecule has 1 atom stereocenters.